The van der Waals surface area contributed by atoms with E-state index in [1.807, 2.05) is 30.0 Å². The molecule has 33 heavy (non-hydrogen) atoms. The number of carbonyl (C=O) groups excluding carboxylic acids is 1. The third kappa shape index (κ3) is 4.57. The molecule has 1 aromatic carbocycles. The average Bonchev–Trinajstić information content (AvgIpc) is 3.47. The van der Waals surface area contributed by atoms with Gasteiger partial charge in [-0.3, -0.25) is 9.78 Å². The van der Waals surface area contributed by atoms with Gasteiger partial charge < -0.3 is 9.32 Å². The predicted molar refractivity (Wildman–Crippen MR) is 123 cm³/mol. The first-order valence-corrected chi connectivity index (χ1v) is 11.8. The second-order valence-electron chi connectivity index (χ2n) is 8.13. The number of rotatable bonds is 5. The van der Waals surface area contributed by atoms with E-state index in [9.17, 15) is 9.18 Å². The number of aromatic nitrogens is 3. The van der Waals surface area contributed by atoms with Gasteiger partial charge in [-0.25, -0.2) is 14.4 Å². The largest absolute Gasteiger partial charge is 0.443 e. The van der Waals surface area contributed by atoms with Crippen molar-refractivity contribution in [1.29, 1.82) is 0 Å². The summed E-state index contributed by atoms with van der Waals surface area (Å²) in [6.07, 6.45) is 6.69. The summed E-state index contributed by atoms with van der Waals surface area (Å²) in [7, 11) is 0. The van der Waals surface area contributed by atoms with Crippen LogP contribution in [0, 0.1) is 12.7 Å². The van der Waals surface area contributed by atoms with Gasteiger partial charge in [-0.2, -0.15) is 0 Å². The van der Waals surface area contributed by atoms with Crippen molar-refractivity contribution in [3.05, 3.63) is 88.5 Å². The van der Waals surface area contributed by atoms with Gasteiger partial charge in [-0.1, -0.05) is 18.2 Å². The third-order valence-electron chi connectivity index (χ3n) is 5.79. The number of amides is 1. The van der Waals surface area contributed by atoms with Crippen molar-refractivity contribution in [3.63, 3.8) is 0 Å². The number of pyridine rings is 1. The molecule has 168 valence electrons. The van der Waals surface area contributed by atoms with E-state index >= 15 is 0 Å². The van der Waals surface area contributed by atoms with Crippen molar-refractivity contribution in [2.45, 2.75) is 38.6 Å². The summed E-state index contributed by atoms with van der Waals surface area (Å²) < 4.78 is 19.2. The van der Waals surface area contributed by atoms with Gasteiger partial charge in [-0.05, 0) is 56.0 Å². The summed E-state index contributed by atoms with van der Waals surface area (Å²) in [6.45, 7) is 2.51. The number of benzene rings is 1. The zero-order valence-electron chi connectivity index (χ0n) is 18.2. The molecule has 4 aromatic rings. The Morgan fingerprint density at radius 1 is 1.18 bits per heavy atom. The normalized spacial score (nSPS) is 16.2. The first-order chi connectivity index (χ1) is 16.1. The summed E-state index contributed by atoms with van der Waals surface area (Å²) in [4.78, 5) is 29.5. The van der Waals surface area contributed by atoms with Crippen molar-refractivity contribution in [2.75, 3.05) is 6.54 Å². The minimum Gasteiger partial charge on any atom is -0.443 e. The van der Waals surface area contributed by atoms with Crippen LogP contribution < -0.4 is 0 Å². The summed E-state index contributed by atoms with van der Waals surface area (Å²) in [5.41, 5.74) is 2.41. The van der Waals surface area contributed by atoms with E-state index in [0.717, 1.165) is 35.5 Å². The fourth-order valence-corrected chi connectivity index (χ4v) is 5.12. The summed E-state index contributed by atoms with van der Waals surface area (Å²) in [6, 6.07) is 11.8. The van der Waals surface area contributed by atoms with Crippen LogP contribution in [-0.2, 0) is 6.42 Å². The Labute approximate surface area is 195 Å². The highest BCUT2D eigenvalue weighted by Crippen LogP contribution is 2.35. The first kappa shape index (κ1) is 21.5. The number of halogens is 1. The Balaban J connectivity index is 1.37. The Morgan fingerprint density at radius 3 is 2.82 bits per heavy atom. The van der Waals surface area contributed by atoms with Crippen molar-refractivity contribution in [2.24, 2.45) is 0 Å². The number of likely N-dealkylation sites (tertiary alicyclic amines) is 1. The predicted octanol–water partition coefficient (Wildman–Crippen LogP) is 5.60. The van der Waals surface area contributed by atoms with Gasteiger partial charge in [0.05, 0.1) is 17.6 Å². The summed E-state index contributed by atoms with van der Waals surface area (Å²) in [5.74, 6) is 0.932. The maximum absolute atomic E-state index is 13.5. The Hall–Kier alpha value is -3.39. The smallest absolute Gasteiger partial charge is 0.266 e. The molecule has 4 heterocycles. The monoisotopic (exact) mass is 462 g/mol. The highest BCUT2D eigenvalue weighted by atomic mass is 32.1. The lowest BCUT2D eigenvalue weighted by atomic mass is 10.0. The lowest BCUT2D eigenvalue weighted by Crippen LogP contribution is -2.38. The lowest BCUT2D eigenvalue weighted by Gasteiger charge is -2.33. The molecule has 0 aliphatic carbocycles. The van der Waals surface area contributed by atoms with Crippen LogP contribution in [0.1, 0.15) is 57.9 Å². The molecule has 0 spiro atoms. The molecule has 8 heteroatoms. The molecule has 1 fully saturated rings. The molecule has 1 atom stereocenters. The van der Waals surface area contributed by atoms with Crippen LogP contribution in [0.4, 0.5) is 4.39 Å². The molecule has 6 nitrogen and oxygen atoms in total. The van der Waals surface area contributed by atoms with Gasteiger partial charge in [0.1, 0.15) is 27.5 Å². The molecule has 1 amide bonds. The SMILES string of the molecule is Cc1nc(-c2ccccn2)sc1C(=O)N1CCCCC1c1ncc(Cc2ccc(F)cc2)o1. The molecule has 1 saturated heterocycles. The third-order valence-corrected chi connectivity index (χ3v) is 6.95. The van der Waals surface area contributed by atoms with Gasteiger partial charge in [0.2, 0.25) is 5.89 Å². The standard InChI is InChI=1S/C25H23FN4O2S/c1-16-22(33-24(29-16)20-6-2-4-12-27-20)25(31)30-13-5-3-7-21(30)23-28-15-19(32-23)14-17-8-10-18(26)11-9-17/h2,4,6,8-12,15,21H,3,5,7,13-14H2,1H3. The van der Waals surface area contributed by atoms with E-state index in [1.54, 1.807) is 24.5 Å². The van der Waals surface area contributed by atoms with Crippen molar-refractivity contribution < 1.29 is 13.6 Å². The lowest BCUT2D eigenvalue weighted by molar-refractivity contribution is 0.0574. The molecular formula is C25H23FN4O2S. The van der Waals surface area contributed by atoms with Crippen LogP contribution in [0.5, 0.6) is 0 Å². The number of aryl methyl sites for hydroxylation is 1. The molecule has 0 bridgehead atoms. The second kappa shape index (κ2) is 9.23. The molecule has 0 N–H and O–H groups in total. The number of thiazole rings is 1. The molecule has 1 aliphatic rings. The van der Waals surface area contributed by atoms with Gasteiger partial charge >= 0.3 is 0 Å². The summed E-state index contributed by atoms with van der Waals surface area (Å²) in [5, 5.41) is 0.739. The number of hydrogen-bond acceptors (Lipinski definition) is 6. The van der Waals surface area contributed by atoms with E-state index in [-0.39, 0.29) is 17.8 Å². The van der Waals surface area contributed by atoms with Gasteiger partial charge in [0.25, 0.3) is 5.91 Å². The molecule has 1 unspecified atom stereocenters. The van der Waals surface area contributed by atoms with Crippen LogP contribution in [0.3, 0.4) is 0 Å². The number of carbonyl (C=O) groups is 1. The van der Waals surface area contributed by atoms with Crippen LogP contribution in [-0.4, -0.2) is 32.3 Å². The Kier molecular flexibility index (Phi) is 6.00. The van der Waals surface area contributed by atoms with Crippen molar-refractivity contribution >= 4 is 17.2 Å². The number of piperidine rings is 1. The van der Waals surface area contributed by atoms with Crippen LogP contribution >= 0.6 is 11.3 Å². The maximum atomic E-state index is 13.5. The second-order valence-corrected chi connectivity index (χ2v) is 9.13. The molecule has 0 radical (unpaired) electrons. The van der Waals surface area contributed by atoms with E-state index in [4.69, 9.17) is 4.42 Å². The van der Waals surface area contributed by atoms with Crippen LogP contribution in [0.15, 0.2) is 59.3 Å². The number of hydrogen-bond donors (Lipinski definition) is 0. The quantitative estimate of drug-likeness (QED) is 0.386. The van der Waals surface area contributed by atoms with Gasteiger partial charge in [0.15, 0.2) is 0 Å². The molecule has 5 rings (SSSR count). The highest BCUT2D eigenvalue weighted by Gasteiger charge is 2.34. The molecule has 1 aliphatic heterocycles. The van der Waals surface area contributed by atoms with Crippen LogP contribution in [0.2, 0.25) is 0 Å². The topological polar surface area (TPSA) is 72.1 Å². The highest BCUT2D eigenvalue weighted by molar-refractivity contribution is 7.17. The molecular weight excluding hydrogens is 439 g/mol. The molecule has 3 aromatic heterocycles. The van der Waals surface area contributed by atoms with Crippen LogP contribution in [0.25, 0.3) is 10.7 Å². The minimum atomic E-state index is -0.266. The van der Waals surface area contributed by atoms with E-state index < -0.39 is 0 Å². The number of nitrogens with zero attached hydrogens (tertiary/aromatic N) is 4. The Morgan fingerprint density at radius 2 is 2.03 bits per heavy atom. The minimum absolute atomic E-state index is 0.0461. The first-order valence-electron chi connectivity index (χ1n) is 11.0. The van der Waals surface area contributed by atoms with Gasteiger partial charge in [-0.15, -0.1) is 11.3 Å². The van der Waals surface area contributed by atoms with E-state index in [0.29, 0.717) is 35.2 Å². The zero-order chi connectivity index (χ0) is 22.8. The van der Waals surface area contributed by atoms with Crippen molar-refractivity contribution in [3.8, 4) is 10.7 Å². The Bertz CT molecular complexity index is 1250. The van der Waals surface area contributed by atoms with Crippen molar-refractivity contribution in [1.82, 2.24) is 19.9 Å². The number of oxazole rings is 1. The van der Waals surface area contributed by atoms with Gasteiger partial charge in [0, 0.05) is 19.2 Å². The molecule has 0 saturated carbocycles. The summed E-state index contributed by atoms with van der Waals surface area (Å²) >= 11 is 1.37. The average molecular weight is 463 g/mol. The maximum Gasteiger partial charge on any atom is 0.266 e. The van der Waals surface area contributed by atoms with E-state index in [2.05, 4.69) is 15.0 Å². The zero-order valence-corrected chi connectivity index (χ0v) is 19.0. The fourth-order valence-electron chi connectivity index (χ4n) is 4.12. The fraction of sp³-hybridized carbons (Fsp3) is 0.280. The van der Waals surface area contributed by atoms with E-state index in [1.165, 1.54) is 23.5 Å².